The largest absolute Gasteiger partial charge is 0.393 e. The summed E-state index contributed by atoms with van der Waals surface area (Å²) in [5.41, 5.74) is -0.150. The summed E-state index contributed by atoms with van der Waals surface area (Å²) in [4.78, 5) is 9.08. The fourth-order valence-electron chi connectivity index (χ4n) is 1.37. The van der Waals surface area contributed by atoms with Gasteiger partial charge in [-0.15, -0.1) is 0 Å². The van der Waals surface area contributed by atoms with Crippen LogP contribution in [0.3, 0.4) is 0 Å². The van der Waals surface area contributed by atoms with E-state index in [9.17, 15) is 4.57 Å². The Morgan fingerprint density at radius 1 is 1.50 bits per heavy atom. The summed E-state index contributed by atoms with van der Waals surface area (Å²) in [6.45, 7) is 1.37. The average molecular weight is 164 g/mol. The third kappa shape index (κ3) is 1.82. The molecule has 0 aromatic rings. The van der Waals surface area contributed by atoms with Crippen LogP contribution < -0.4 is 0 Å². The van der Waals surface area contributed by atoms with Gasteiger partial charge in [-0.25, -0.2) is 0 Å². The second-order valence-electron chi connectivity index (χ2n) is 3.06. The minimum absolute atomic E-state index is 0.150. The molecule has 1 rings (SSSR count). The predicted octanol–water partition coefficient (Wildman–Crippen LogP) is 0.800. The van der Waals surface area contributed by atoms with E-state index in [0.29, 0.717) is 19.3 Å². The molecule has 1 saturated carbocycles. The highest BCUT2D eigenvalue weighted by Crippen LogP contribution is 2.49. The molecular weight excluding hydrogens is 151 g/mol. The van der Waals surface area contributed by atoms with Gasteiger partial charge in [0, 0.05) is 12.3 Å². The molecule has 3 atom stereocenters. The third-order valence-electron chi connectivity index (χ3n) is 2.05. The molecule has 0 radical (unpaired) electrons. The van der Waals surface area contributed by atoms with Crippen molar-refractivity contribution >= 4 is 7.37 Å². The molecule has 1 aliphatic rings. The van der Waals surface area contributed by atoms with Gasteiger partial charge in [0.2, 0.25) is 7.37 Å². The van der Waals surface area contributed by atoms with E-state index in [1.807, 2.05) is 0 Å². The lowest BCUT2D eigenvalue weighted by molar-refractivity contribution is 0.183. The van der Waals surface area contributed by atoms with Gasteiger partial charge in [-0.05, 0) is 19.3 Å². The molecule has 1 fully saturated rings. The van der Waals surface area contributed by atoms with Gasteiger partial charge in [0.15, 0.2) is 0 Å². The van der Waals surface area contributed by atoms with Crippen molar-refractivity contribution in [3.8, 4) is 0 Å². The van der Waals surface area contributed by atoms with Crippen LogP contribution in [0.15, 0.2) is 0 Å². The normalized spacial score (nSPS) is 39.5. The minimum atomic E-state index is -2.91. The monoisotopic (exact) mass is 164 g/mol. The first-order chi connectivity index (χ1) is 4.50. The molecule has 0 heterocycles. The minimum Gasteiger partial charge on any atom is -0.393 e. The zero-order chi connectivity index (χ0) is 7.78. The zero-order valence-corrected chi connectivity index (χ0v) is 6.92. The Bertz CT molecular complexity index is 162. The van der Waals surface area contributed by atoms with E-state index in [4.69, 9.17) is 10.00 Å². The fraction of sp³-hybridized carbons (Fsp3) is 1.00. The quantitative estimate of drug-likeness (QED) is 0.563. The van der Waals surface area contributed by atoms with Gasteiger partial charge in [-0.2, -0.15) is 0 Å². The molecular formula is C6H13O3P. The van der Waals surface area contributed by atoms with Crippen molar-refractivity contribution in [2.45, 2.75) is 31.0 Å². The number of aliphatic hydroxyl groups excluding tert-OH is 1. The fourth-order valence-corrected chi connectivity index (χ4v) is 2.63. The Kier molecular flexibility index (Phi) is 2.18. The van der Waals surface area contributed by atoms with Gasteiger partial charge in [0.1, 0.15) is 0 Å². The first kappa shape index (κ1) is 8.25. The van der Waals surface area contributed by atoms with E-state index in [2.05, 4.69) is 0 Å². The van der Waals surface area contributed by atoms with Crippen LogP contribution in [0.25, 0.3) is 0 Å². The van der Waals surface area contributed by atoms with Crippen LogP contribution in [0.4, 0.5) is 0 Å². The summed E-state index contributed by atoms with van der Waals surface area (Å²) < 4.78 is 11.0. The van der Waals surface area contributed by atoms with E-state index in [0.717, 1.165) is 0 Å². The van der Waals surface area contributed by atoms with E-state index >= 15 is 0 Å². The topological polar surface area (TPSA) is 57.5 Å². The molecule has 10 heavy (non-hydrogen) atoms. The van der Waals surface area contributed by atoms with Crippen molar-refractivity contribution in [2.24, 2.45) is 0 Å². The lowest BCUT2D eigenvalue weighted by Gasteiger charge is -2.12. The van der Waals surface area contributed by atoms with Crippen LogP contribution in [0.1, 0.15) is 19.3 Å². The highest BCUT2D eigenvalue weighted by atomic mass is 31.2. The Morgan fingerprint density at radius 2 is 2.10 bits per heavy atom. The maximum Gasteiger partial charge on any atom is 0.200 e. The number of rotatable bonds is 1. The summed E-state index contributed by atoms with van der Waals surface area (Å²) in [7, 11) is -2.91. The van der Waals surface area contributed by atoms with Gasteiger partial charge < -0.3 is 10.00 Å². The Morgan fingerprint density at radius 3 is 2.30 bits per heavy atom. The Hall–Kier alpha value is 0.150. The molecule has 3 nitrogen and oxygen atoms in total. The summed E-state index contributed by atoms with van der Waals surface area (Å²) in [6.07, 6.45) is 1.55. The molecule has 0 spiro atoms. The molecule has 1 unspecified atom stereocenters. The molecule has 1 aliphatic carbocycles. The van der Waals surface area contributed by atoms with Crippen molar-refractivity contribution in [3.63, 3.8) is 0 Å². The maximum absolute atomic E-state index is 11.0. The van der Waals surface area contributed by atoms with Crippen LogP contribution in [-0.4, -0.2) is 28.4 Å². The number of hydrogen-bond acceptors (Lipinski definition) is 2. The molecule has 0 aromatic heterocycles. The van der Waals surface area contributed by atoms with E-state index in [-0.39, 0.29) is 11.8 Å². The van der Waals surface area contributed by atoms with Gasteiger partial charge in [-0.3, -0.25) is 4.57 Å². The van der Waals surface area contributed by atoms with Gasteiger partial charge in [0.05, 0.1) is 6.10 Å². The van der Waals surface area contributed by atoms with Crippen LogP contribution in [0.2, 0.25) is 0 Å². The van der Waals surface area contributed by atoms with Crippen molar-refractivity contribution in [1.29, 1.82) is 0 Å². The van der Waals surface area contributed by atoms with E-state index in [1.54, 1.807) is 0 Å². The summed E-state index contributed by atoms with van der Waals surface area (Å²) in [5.74, 6) is 0. The first-order valence-electron chi connectivity index (χ1n) is 3.48. The van der Waals surface area contributed by atoms with Crippen LogP contribution in [-0.2, 0) is 4.57 Å². The molecule has 2 N–H and O–H groups in total. The van der Waals surface area contributed by atoms with E-state index in [1.165, 1.54) is 6.66 Å². The van der Waals surface area contributed by atoms with Crippen LogP contribution in [0, 0.1) is 0 Å². The van der Waals surface area contributed by atoms with Crippen molar-refractivity contribution in [3.05, 3.63) is 0 Å². The molecule has 0 amide bonds. The van der Waals surface area contributed by atoms with Crippen molar-refractivity contribution in [2.75, 3.05) is 6.66 Å². The predicted molar refractivity (Wildman–Crippen MR) is 39.4 cm³/mol. The highest BCUT2D eigenvalue weighted by molar-refractivity contribution is 7.57. The third-order valence-corrected chi connectivity index (χ3v) is 3.88. The smallest absolute Gasteiger partial charge is 0.200 e. The second kappa shape index (κ2) is 2.65. The lowest BCUT2D eigenvalue weighted by Crippen LogP contribution is -2.05. The zero-order valence-electron chi connectivity index (χ0n) is 6.03. The Labute approximate surface area is 60.5 Å². The molecule has 60 valence electrons. The molecule has 0 aromatic carbocycles. The van der Waals surface area contributed by atoms with Crippen LogP contribution in [0.5, 0.6) is 0 Å². The van der Waals surface area contributed by atoms with Gasteiger partial charge >= 0.3 is 0 Å². The highest BCUT2D eigenvalue weighted by Gasteiger charge is 2.33. The molecule has 0 saturated heterocycles. The van der Waals surface area contributed by atoms with E-state index < -0.39 is 7.37 Å². The Balaban J connectivity index is 2.53. The lowest BCUT2D eigenvalue weighted by atomic mass is 10.3. The summed E-state index contributed by atoms with van der Waals surface area (Å²) in [6, 6.07) is 0. The maximum atomic E-state index is 11.0. The number of hydrogen-bond donors (Lipinski definition) is 2. The molecule has 0 bridgehead atoms. The SMILES string of the molecule is CP(=O)(O)[C@H]1CC[C@@H](O)C1. The average Bonchev–Trinajstić information content (AvgIpc) is 2.11. The number of aliphatic hydroxyl groups is 1. The molecule has 0 aliphatic heterocycles. The standard InChI is InChI=1S/C6H13O3P/c1-10(8,9)6-3-2-5(7)4-6/h5-7H,2-4H2,1H3,(H,8,9)/t5-,6+/m1/s1. The van der Waals surface area contributed by atoms with Crippen molar-refractivity contribution in [1.82, 2.24) is 0 Å². The summed E-state index contributed by atoms with van der Waals surface area (Å²) in [5, 5.41) is 9.03. The molecule has 4 heteroatoms. The summed E-state index contributed by atoms with van der Waals surface area (Å²) >= 11 is 0. The van der Waals surface area contributed by atoms with Crippen molar-refractivity contribution < 1.29 is 14.6 Å². The first-order valence-corrected chi connectivity index (χ1v) is 5.66. The van der Waals surface area contributed by atoms with Gasteiger partial charge in [-0.1, -0.05) is 0 Å². The van der Waals surface area contributed by atoms with Gasteiger partial charge in [0.25, 0.3) is 0 Å². The second-order valence-corrected chi connectivity index (χ2v) is 5.68. The van der Waals surface area contributed by atoms with Crippen LogP contribution >= 0.6 is 7.37 Å².